The highest BCUT2D eigenvalue weighted by Crippen LogP contribution is 2.50. The summed E-state index contributed by atoms with van der Waals surface area (Å²) in [6, 6.07) is 10.3. The van der Waals surface area contributed by atoms with Crippen LogP contribution in [0.3, 0.4) is 0 Å². The SMILES string of the molecule is COc1ccccc1[C@H](CN1C(=O)N(C(C)(C)CCN2CCCC2)S(=O)(=O)c2c1sc(-c1ncco1)c2C)Oc1cccnc1. The molecule has 1 saturated heterocycles. The van der Waals surface area contributed by atoms with Crippen LogP contribution < -0.4 is 14.4 Å². The van der Waals surface area contributed by atoms with E-state index < -0.39 is 27.7 Å². The monoisotopic (exact) mass is 651 g/mol. The summed E-state index contributed by atoms with van der Waals surface area (Å²) in [4.78, 5) is 27.6. The molecule has 0 unspecified atom stereocenters. The minimum absolute atomic E-state index is 0.000300. The Kier molecular flexibility index (Phi) is 8.59. The molecule has 0 radical (unpaired) electrons. The maximum absolute atomic E-state index is 14.7. The Hall–Kier alpha value is -3.94. The molecule has 2 amide bonds. The second-order valence-electron chi connectivity index (χ2n) is 11.8. The third-order valence-electron chi connectivity index (χ3n) is 8.38. The number of benzene rings is 1. The molecule has 3 aromatic heterocycles. The van der Waals surface area contributed by atoms with Crippen molar-refractivity contribution in [2.75, 3.05) is 38.2 Å². The highest BCUT2D eigenvalue weighted by atomic mass is 32.2. The summed E-state index contributed by atoms with van der Waals surface area (Å²) < 4.78 is 47.8. The summed E-state index contributed by atoms with van der Waals surface area (Å²) in [7, 11) is -2.68. The minimum Gasteiger partial charge on any atom is -0.496 e. The molecule has 2 aliphatic heterocycles. The van der Waals surface area contributed by atoms with Gasteiger partial charge in [0.1, 0.15) is 33.8 Å². The number of hydrogen-bond acceptors (Lipinski definition) is 10. The molecule has 45 heavy (non-hydrogen) atoms. The van der Waals surface area contributed by atoms with Gasteiger partial charge >= 0.3 is 6.03 Å². The molecule has 0 N–H and O–H groups in total. The lowest BCUT2D eigenvalue weighted by Crippen LogP contribution is -2.60. The number of carbonyl (C=O) groups excluding carboxylic acids is 1. The van der Waals surface area contributed by atoms with Gasteiger partial charge in [-0.1, -0.05) is 18.2 Å². The molecule has 238 valence electrons. The number of aromatic nitrogens is 2. The van der Waals surface area contributed by atoms with Crippen molar-refractivity contribution in [1.29, 1.82) is 0 Å². The van der Waals surface area contributed by atoms with Crippen molar-refractivity contribution < 1.29 is 27.1 Å². The van der Waals surface area contributed by atoms with E-state index in [0.29, 0.717) is 51.4 Å². The van der Waals surface area contributed by atoms with Crippen molar-refractivity contribution in [3.05, 3.63) is 72.4 Å². The molecule has 1 aromatic carbocycles. The second-order valence-corrected chi connectivity index (χ2v) is 14.6. The number of rotatable bonds is 11. The maximum Gasteiger partial charge on any atom is 0.339 e. The van der Waals surface area contributed by atoms with Crippen molar-refractivity contribution >= 4 is 32.4 Å². The quantitative estimate of drug-likeness (QED) is 0.189. The molecule has 1 atom stereocenters. The van der Waals surface area contributed by atoms with Gasteiger partial charge in [-0.2, -0.15) is 0 Å². The Morgan fingerprint density at radius 3 is 2.58 bits per heavy atom. The first kappa shape index (κ1) is 31.1. The number of oxazole rings is 1. The van der Waals surface area contributed by atoms with Gasteiger partial charge in [0.05, 0.1) is 36.5 Å². The summed E-state index contributed by atoms with van der Waals surface area (Å²) in [5.41, 5.74) is 0.167. The average Bonchev–Trinajstić information content (AvgIpc) is 3.80. The molecule has 0 bridgehead atoms. The van der Waals surface area contributed by atoms with Gasteiger partial charge in [0, 0.05) is 18.3 Å². The standard InChI is InChI=1S/C32H37N5O6S2/c1-22-27(29-34-15-19-42-29)44-30-28(22)45(39,40)37(32(2,3)13-18-35-16-7-8-17-35)31(38)36(30)21-26(43-23-10-9-14-33-20-23)24-11-5-6-12-25(24)41-4/h5-6,9-12,14-15,19-20,26H,7-8,13,16-18,21H2,1-4H3/t26-/m0/s1. The lowest BCUT2D eigenvalue weighted by atomic mass is 10.0. The summed E-state index contributed by atoms with van der Waals surface area (Å²) in [5, 5.41) is 0.298. The van der Waals surface area contributed by atoms with E-state index in [1.165, 1.54) is 28.7 Å². The molecule has 0 spiro atoms. The molecule has 2 aliphatic rings. The van der Waals surface area contributed by atoms with Crippen molar-refractivity contribution in [3.63, 3.8) is 0 Å². The Balaban J connectivity index is 1.47. The summed E-state index contributed by atoms with van der Waals surface area (Å²) >= 11 is 1.17. The molecule has 0 saturated carbocycles. The van der Waals surface area contributed by atoms with E-state index >= 15 is 0 Å². The average molecular weight is 652 g/mol. The molecule has 1 fully saturated rings. The third kappa shape index (κ3) is 5.91. The molecular weight excluding hydrogens is 615 g/mol. The summed E-state index contributed by atoms with van der Waals surface area (Å²) in [5.74, 6) is 1.37. The maximum atomic E-state index is 14.7. The van der Waals surface area contributed by atoms with E-state index in [-0.39, 0.29) is 11.4 Å². The first-order valence-electron chi connectivity index (χ1n) is 14.9. The number of urea groups is 1. The van der Waals surface area contributed by atoms with Crippen LogP contribution in [0.2, 0.25) is 0 Å². The normalized spacial score (nSPS) is 17.4. The predicted octanol–water partition coefficient (Wildman–Crippen LogP) is 6.13. The van der Waals surface area contributed by atoms with Crippen LogP contribution in [0.4, 0.5) is 9.80 Å². The van der Waals surface area contributed by atoms with Crippen LogP contribution in [-0.4, -0.2) is 72.4 Å². The lowest BCUT2D eigenvalue weighted by molar-refractivity contribution is 0.167. The lowest BCUT2D eigenvalue weighted by Gasteiger charge is -2.44. The van der Waals surface area contributed by atoms with E-state index in [1.807, 2.05) is 38.1 Å². The second kappa shape index (κ2) is 12.5. The molecular formula is C32H37N5O6S2. The van der Waals surface area contributed by atoms with Gasteiger partial charge in [0.2, 0.25) is 5.89 Å². The number of para-hydroxylation sites is 1. The number of nitrogens with zero attached hydrogens (tertiary/aromatic N) is 5. The zero-order chi connectivity index (χ0) is 31.8. The zero-order valence-electron chi connectivity index (χ0n) is 25.8. The number of sulfonamides is 1. The van der Waals surface area contributed by atoms with Gasteiger partial charge in [0.25, 0.3) is 10.0 Å². The van der Waals surface area contributed by atoms with Gasteiger partial charge in [-0.15, -0.1) is 11.3 Å². The molecule has 0 aliphatic carbocycles. The van der Waals surface area contributed by atoms with Crippen LogP contribution in [0.1, 0.15) is 50.3 Å². The smallest absolute Gasteiger partial charge is 0.339 e. The van der Waals surface area contributed by atoms with E-state index in [1.54, 1.807) is 38.6 Å². The highest BCUT2D eigenvalue weighted by Gasteiger charge is 2.51. The topological polar surface area (TPSA) is 118 Å². The number of amides is 2. The summed E-state index contributed by atoms with van der Waals surface area (Å²) in [6.45, 7) is 8.02. The Morgan fingerprint density at radius 1 is 1.11 bits per heavy atom. The molecule has 11 nitrogen and oxygen atoms in total. The van der Waals surface area contributed by atoms with Crippen LogP contribution >= 0.6 is 11.3 Å². The highest BCUT2D eigenvalue weighted by molar-refractivity contribution is 7.90. The largest absolute Gasteiger partial charge is 0.496 e. The van der Waals surface area contributed by atoms with Crippen molar-refractivity contribution in [2.24, 2.45) is 0 Å². The van der Waals surface area contributed by atoms with Gasteiger partial charge in [-0.25, -0.2) is 22.5 Å². The number of anilines is 1. The van der Waals surface area contributed by atoms with E-state index in [9.17, 15) is 13.2 Å². The number of fused-ring (bicyclic) bond motifs is 1. The predicted molar refractivity (Wildman–Crippen MR) is 171 cm³/mol. The molecule has 6 rings (SSSR count). The fourth-order valence-electron chi connectivity index (χ4n) is 6.06. The zero-order valence-corrected chi connectivity index (χ0v) is 27.4. The van der Waals surface area contributed by atoms with Crippen LogP contribution in [0.15, 0.2) is 70.6 Å². The fraction of sp³-hybridized carbons (Fsp3) is 0.406. The van der Waals surface area contributed by atoms with Crippen LogP contribution in [0, 0.1) is 6.92 Å². The van der Waals surface area contributed by atoms with Crippen LogP contribution in [-0.2, 0) is 10.0 Å². The third-order valence-corrected chi connectivity index (χ3v) is 12.0. The van der Waals surface area contributed by atoms with Crippen molar-refractivity contribution in [1.82, 2.24) is 19.2 Å². The number of hydrogen-bond donors (Lipinski definition) is 0. The number of likely N-dealkylation sites (tertiary alicyclic amines) is 1. The van der Waals surface area contributed by atoms with Crippen molar-refractivity contribution in [2.45, 2.75) is 56.6 Å². The van der Waals surface area contributed by atoms with Gasteiger partial charge in [-0.05, 0) is 76.9 Å². The number of methoxy groups -OCH3 is 1. The van der Waals surface area contributed by atoms with Crippen LogP contribution in [0.5, 0.6) is 11.5 Å². The van der Waals surface area contributed by atoms with Crippen LogP contribution in [0.25, 0.3) is 10.8 Å². The fourth-order valence-corrected chi connectivity index (χ4v) is 9.76. The molecule has 13 heteroatoms. The van der Waals surface area contributed by atoms with E-state index in [0.717, 1.165) is 30.2 Å². The molecule has 5 heterocycles. The Morgan fingerprint density at radius 2 is 1.89 bits per heavy atom. The Labute approximate surface area is 267 Å². The number of thiophene rings is 1. The van der Waals surface area contributed by atoms with E-state index in [2.05, 4.69) is 14.9 Å². The number of carbonyl (C=O) groups is 1. The first-order valence-corrected chi connectivity index (χ1v) is 17.2. The van der Waals surface area contributed by atoms with Gasteiger partial charge < -0.3 is 18.8 Å². The Bertz CT molecular complexity index is 1750. The first-order chi connectivity index (χ1) is 21.6. The van der Waals surface area contributed by atoms with E-state index in [4.69, 9.17) is 13.9 Å². The molecule has 4 aromatic rings. The minimum atomic E-state index is -4.25. The number of pyridine rings is 1. The van der Waals surface area contributed by atoms with Gasteiger partial charge in [0.15, 0.2) is 0 Å². The number of ether oxygens (including phenoxy) is 2. The van der Waals surface area contributed by atoms with Gasteiger partial charge in [-0.3, -0.25) is 9.88 Å². The summed E-state index contributed by atoms with van der Waals surface area (Å²) in [6.07, 6.45) is 8.20. The van der Waals surface area contributed by atoms with Crippen molar-refractivity contribution in [3.8, 4) is 22.3 Å².